The summed E-state index contributed by atoms with van der Waals surface area (Å²) < 4.78 is 5.99. The molecule has 0 unspecified atom stereocenters. The number of hydrogen-bond donors (Lipinski definition) is 1. The predicted octanol–water partition coefficient (Wildman–Crippen LogP) is 3.15. The van der Waals surface area contributed by atoms with Crippen LogP contribution in [-0.4, -0.2) is 28.4 Å². The molecule has 2 aromatic rings. The van der Waals surface area contributed by atoms with Crippen LogP contribution in [0.5, 0.6) is 5.75 Å². The normalized spacial score (nSPS) is 17.5. The number of unbranched alkanes of at least 4 members (excludes halogenated alkanes) is 1. The number of nitrogens with zero attached hydrogens (tertiary/aromatic N) is 3. The van der Waals surface area contributed by atoms with Crippen molar-refractivity contribution in [2.45, 2.75) is 39.3 Å². The van der Waals surface area contributed by atoms with Gasteiger partial charge in [-0.1, -0.05) is 68.4 Å². The molecule has 0 radical (unpaired) electrons. The Balaban J connectivity index is 1.83. The van der Waals surface area contributed by atoms with Gasteiger partial charge in [-0.15, -0.1) is 5.10 Å². The first-order valence-corrected chi connectivity index (χ1v) is 11.4. The molecule has 6 nitrogen and oxygen atoms in total. The number of carbonyl (C=O) groups is 1. The number of amidine groups is 1. The third-order valence-corrected chi connectivity index (χ3v) is 5.86. The van der Waals surface area contributed by atoms with Crippen LogP contribution in [-0.2, 0) is 4.79 Å². The molecular formula is C23H26N4O2S. The van der Waals surface area contributed by atoms with Gasteiger partial charge in [0, 0.05) is 16.5 Å². The molecule has 2 aliphatic rings. The molecule has 0 bridgehead atoms. The summed E-state index contributed by atoms with van der Waals surface area (Å²) in [6.07, 6.45) is 2.62. The fourth-order valence-corrected chi connectivity index (χ4v) is 4.38. The van der Waals surface area contributed by atoms with Crippen LogP contribution in [0.4, 0.5) is 0 Å². The fraction of sp³-hybridized carbons (Fsp3) is 0.348. The van der Waals surface area contributed by atoms with E-state index >= 15 is 0 Å². The second kappa shape index (κ2) is 9.34. The average molecular weight is 423 g/mol. The van der Waals surface area contributed by atoms with Crippen molar-refractivity contribution in [2.75, 3.05) is 12.4 Å². The Morgan fingerprint density at radius 2 is 1.90 bits per heavy atom. The Labute approximate surface area is 180 Å². The first kappa shape index (κ1) is 20.5. The lowest BCUT2D eigenvalue weighted by Gasteiger charge is -2.34. The number of benzene rings is 2. The number of para-hydroxylation sites is 2. The highest BCUT2D eigenvalue weighted by Crippen LogP contribution is 2.35. The van der Waals surface area contributed by atoms with E-state index in [4.69, 9.17) is 14.8 Å². The van der Waals surface area contributed by atoms with Gasteiger partial charge in [0.25, 0.3) is 5.91 Å². The van der Waals surface area contributed by atoms with Crippen molar-refractivity contribution >= 4 is 28.5 Å². The first-order chi connectivity index (χ1) is 14.7. The molecule has 156 valence electrons. The Morgan fingerprint density at radius 3 is 2.73 bits per heavy atom. The van der Waals surface area contributed by atoms with Crippen LogP contribution in [0, 0.1) is 0 Å². The smallest absolute Gasteiger partial charge is 0.276 e. The van der Waals surface area contributed by atoms with Gasteiger partial charge in [-0.3, -0.25) is 15.1 Å². The number of hydrogen-bond acceptors (Lipinski definition) is 6. The lowest BCUT2D eigenvalue weighted by molar-refractivity contribution is -0.116. The lowest BCUT2D eigenvalue weighted by atomic mass is 10.1. The second-order valence-electron chi connectivity index (χ2n) is 7.16. The first-order valence-electron chi connectivity index (χ1n) is 10.4. The van der Waals surface area contributed by atoms with Crippen molar-refractivity contribution in [3.63, 3.8) is 0 Å². The molecule has 0 saturated heterocycles. The fourth-order valence-electron chi connectivity index (χ4n) is 3.45. The summed E-state index contributed by atoms with van der Waals surface area (Å²) in [6, 6.07) is 15.6. The van der Waals surface area contributed by atoms with Gasteiger partial charge in [0.05, 0.1) is 12.0 Å². The van der Waals surface area contributed by atoms with Crippen molar-refractivity contribution < 1.29 is 9.53 Å². The van der Waals surface area contributed by atoms with E-state index in [2.05, 4.69) is 19.2 Å². The van der Waals surface area contributed by atoms with Crippen molar-refractivity contribution in [2.24, 2.45) is 10.1 Å². The average Bonchev–Trinajstić information content (AvgIpc) is 2.77. The van der Waals surface area contributed by atoms with Gasteiger partial charge in [0.2, 0.25) is 0 Å². The number of thioether (sulfide) groups is 1. The third kappa shape index (κ3) is 4.07. The molecule has 30 heavy (non-hydrogen) atoms. The second-order valence-corrected chi connectivity index (χ2v) is 8.24. The summed E-state index contributed by atoms with van der Waals surface area (Å²) in [5, 5.41) is 11.7. The summed E-state index contributed by atoms with van der Waals surface area (Å²) in [5.74, 6) is 1.53. The molecule has 0 aliphatic carbocycles. The standard InChI is InChI=1S/C23H26N4O2S/c1-3-5-15-30-23-25-22(28)20-16-10-6-8-12-18(16)24-21(27(20)26-23)17-11-7-9-13-19(17)29-14-4-2/h6-13,21H,3-5,14-15H2,1-2H3,(H,25,26,28)/t21-/m1/s1. The topological polar surface area (TPSA) is 66.3 Å². The highest BCUT2D eigenvalue weighted by molar-refractivity contribution is 8.13. The van der Waals surface area contributed by atoms with E-state index in [-0.39, 0.29) is 5.91 Å². The maximum atomic E-state index is 13.1. The van der Waals surface area contributed by atoms with E-state index in [9.17, 15) is 4.79 Å². The number of nitrogens with one attached hydrogen (secondary N) is 1. The van der Waals surface area contributed by atoms with Crippen LogP contribution in [0.3, 0.4) is 0 Å². The van der Waals surface area contributed by atoms with E-state index in [0.717, 1.165) is 46.9 Å². The summed E-state index contributed by atoms with van der Waals surface area (Å²) in [7, 11) is 0. The number of ether oxygens (including phenoxy) is 1. The van der Waals surface area contributed by atoms with Crippen LogP contribution in [0.15, 0.2) is 58.6 Å². The minimum Gasteiger partial charge on any atom is -0.493 e. The number of carbonyl (C=O) groups excluding carboxylic acids is 1. The molecule has 2 heterocycles. The molecule has 1 amide bonds. The Morgan fingerprint density at radius 1 is 1.10 bits per heavy atom. The third-order valence-electron chi connectivity index (χ3n) is 4.91. The SMILES string of the molecule is CCCCSC1=NN2C(=c3ccccc3=N[C@H]2c2ccccc2OCCC)C(=O)N1. The van der Waals surface area contributed by atoms with Crippen molar-refractivity contribution in [3.05, 3.63) is 64.7 Å². The molecule has 0 fully saturated rings. The van der Waals surface area contributed by atoms with Gasteiger partial charge in [-0.2, -0.15) is 0 Å². The number of rotatable bonds is 7. The van der Waals surface area contributed by atoms with Crippen LogP contribution >= 0.6 is 11.8 Å². The zero-order valence-corrected chi connectivity index (χ0v) is 18.1. The van der Waals surface area contributed by atoms with Crippen LogP contribution < -0.4 is 20.6 Å². The largest absolute Gasteiger partial charge is 0.493 e. The molecule has 1 atom stereocenters. The van der Waals surface area contributed by atoms with Crippen molar-refractivity contribution in [1.82, 2.24) is 10.3 Å². The molecule has 1 N–H and O–H groups in total. The molecule has 2 aliphatic heterocycles. The van der Waals surface area contributed by atoms with Gasteiger partial charge in [-0.25, -0.2) is 5.01 Å². The number of fused-ring (bicyclic) bond motifs is 2. The quantitative estimate of drug-likeness (QED) is 0.696. The van der Waals surface area contributed by atoms with E-state index in [1.807, 2.05) is 48.5 Å². The minimum atomic E-state index is -0.462. The molecule has 4 rings (SSSR count). The van der Waals surface area contributed by atoms with Gasteiger partial charge in [-0.05, 0) is 25.0 Å². The number of hydrazone groups is 1. The molecule has 2 aromatic carbocycles. The lowest BCUT2D eigenvalue weighted by Crippen LogP contribution is -2.50. The summed E-state index contributed by atoms with van der Waals surface area (Å²) in [4.78, 5) is 18.1. The predicted molar refractivity (Wildman–Crippen MR) is 120 cm³/mol. The summed E-state index contributed by atoms with van der Waals surface area (Å²) >= 11 is 1.57. The van der Waals surface area contributed by atoms with Gasteiger partial charge in [0.15, 0.2) is 11.3 Å². The Kier molecular flexibility index (Phi) is 6.38. The maximum Gasteiger partial charge on any atom is 0.276 e. The zero-order chi connectivity index (χ0) is 20.9. The minimum absolute atomic E-state index is 0.150. The molecule has 0 aromatic heterocycles. The molecule has 0 saturated carbocycles. The van der Waals surface area contributed by atoms with Gasteiger partial charge < -0.3 is 4.74 Å². The van der Waals surface area contributed by atoms with Crippen molar-refractivity contribution in [3.8, 4) is 5.75 Å². The van der Waals surface area contributed by atoms with E-state index < -0.39 is 6.17 Å². The Bertz CT molecular complexity index is 1080. The van der Waals surface area contributed by atoms with Gasteiger partial charge in [0.1, 0.15) is 11.4 Å². The monoisotopic (exact) mass is 422 g/mol. The van der Waals surface area contributed by atoms with Crippen LogP contribution in [0.1, 0.15) is 44.8 Å². The molecular weight excluding hydrogens is 396 g/mol. The van der Waals surface area contributed by atoms with E-state index in [0.29, 0.717) is 17.5 Å². The van der Waals surface area contributed by atoms with Crippen molar-refractivity contribution in [1.29, 1.82) is 0 Å². The van der Waals surface area contributed by atoms with Crippen LogP contribution in [0.25, 0.3) is 5.70 Å². The summed E-state index contributed by atoms with van der Waals surface area (Å²) in [5.41, 5.74) is 1.42. The van der Waals surface area contributed by atoms with E-state index in [1.54, 1.807) is 16.8 Å². The maximum absolute atomic E-state index is 13.1. The highest BCUT2D eigenvalue weighted by atomic mass is 32.2. The van der Waals surface area contributed by atoms with E-state index in [1.165, 1.54) is 0 Å². The van der Waals surface area contributed by atoms with Crippen LogP contribution in [0.2, 0.25) is 0 Å². The zero-order valence-electron chi connectivity index (χ0n) is 17.3. The molecule has 0 spiro atoms. The Hall–Kier alpha value is -2.80. The highest BCUT2D eigenvalue weighted by Gasteiger charge is 2.35. The summed E-state index contributed by atoms with van der Waals surface area (Å²) in [6.45, 7) is 4.85. The number of amides is 1. The van der Waals surface area contributed by atoms with Gasteiger partial charge >= 0.3 is 0 Å². The molecule has 7 heteroatoms.